The highest BCUT2D eigenvalue weighted by molar-refractivity contribution is 7.98. The van der Waals surface area contributed by atoms with Crippen molar-refractivity contribution in [2.24, 2.45) is 0 Å². The van der Waals surface area contributed by atoms with E-state index in [1.165, 1.54) is 16.8 Å². The van der Waals surface area contributed by atoms with Gasteiger partial charge in [-0.2, -0.15) is 0 Å². The van der Waals surface area contributed by atoms with Crippen molar-refractivity contribution in [3.8, 4) is 11.4 Å². The Labute approximate surface area is 153 Å². The van der Waals surface area contributed by atoms with Gasteiger partial charge in [0.1, 0.15) is 0 Å². The molecule has 5 heteroatoms. The van der Waals surface area contributed by atoms with Crippen LogP contribution in [0, 0.1) is 6.92 Å². The lowest BCUT2D eigenvalue weighted by Crippen LogP contribution is -2.08. The first kappa shape index (κ1) is 17.5. The van der Waals surface area contributed by atoms with E-state index in [9.17, 15) is 0 Å². The molecule has 0 saturated heterocycles. The van der Waals surface area contributed by atoms with Gasteiger partial charge in [0.25, 0.3) is 0 Å². The minimum atomic E-state index is 0.855. The summed E-state index contributed by atoms with van der Waals surface area (Å²) in [5.74, 6) is 1.83. The summed E-state index contributed by atoms with van der Waals surface area (Å²) in [7, 11) is 4.09. The van der Waals surface area contributed by atoms with Gasteiger partial charge in [-0.3, -0.25) is 0 Å². The molecule has 0 bridgehead atoms. The molecule has 0 aliphatic rings. The fourth-order valence-corrected chi connectivity index (χ4v) is 3.59. The van der Waals surface area contributed by atoms with Crippen molar-refractivity contribution < 1.29 is 0 Å². The van der Waals surface area contributed by atoms with Crippen molar-refractivity contribution >= 4 is 17.4 Å². The highest BCUT2D eigenvalue weighted by atomic mass is 32.2. The smallest absolute Gasteiger partial charge is 0.191 e. The lowest BCUT2D eigenvalue weighted by atomic mass is 10.2. The standard InChI is InChI=1S/C20H24N4S/c1-5-24-19(17-10-12-18(13-11-17)23(3)4)21-22-20(24)25-14-16-8-6-15(2)7-9-16/h6-13H,5,14H2,1-4H3. The van der Waals surface area contributed by atoms with E-state index in [1.54, 1.807) is 11.8 Å². The molecule has 0 saturated carbocycles. The molecule has 25 heavy (non-hydrogen) atoms. The third-order valence-corrected chi connectivity index (χ3v) is 5.20. The number of aryl methyl sites for hydroxylation is 1. The summed E-state index contributed by atoms with van der Waals surface area (Å²) in [6.45, 7) is 5.10. The number of rotatable bonds is 6. The average molecular weight is 353 g/mol. The van der Waals surface area contributed by atoms with Crippen LogP contribution in [0.1, 0.15) is 18.1 Å². The van der Waals surface area contributed by atoms with Gasteiger partial charge in [-0.05, 0) is 43.7 Å². The van der Waals surface area contributed by atoms with Crippen molar-refractivity contribution in [2.75, 3.05) is 19.0 Å². The average Bonchev–Trinajstić information content (AvgIpc) is 3.04. The third-order valence-electron chi connectivity index (χ3n) is 4.16. The van der Waals surface area contributed by atoms with E-state index >= 15 is 0 Å². The molecule has 3 rings (SSSR count). The molecule has 2 aromatic carbocycles. The molecule has 0 spiro atoms. The summed E-state index contributed by atoms with van der Waals surface area (Å²) in [5.41, 5.74) is 4.87. The molecular weight excluding hydrogens is 328 g/mol. The van der Waals surface area contributed by atoms with E-state index in [0.717, 1.165) is 28.8 Å². The number of nitrogens with zero attached hydrogens (tertiary/aromatic N) is 4. The molecule has 0 fully saturated rings. The van der Waals surface area contributed by atoms with Crippen LogP contribution in [-0.4, -0.2) is 28.9 Å². The van der Waals surface area contributed by atoms with E-state index in [2.05, 4.69) is 82.0 Å². The predicted molar refractivity (Wildman–Crippen MR) is 106 cm³/mol. The van der Waals surface area contributed by atoms with Gasteiger partial charge in [0.2, 0.25) is 0 Å². The molecule has 0 unspecified atom stereocenters. The Balaban J connectivity index is 1.79. The molecule has 0 radical (unpaired) electrons. The van der Waals surface area contributed by atoms with E-state index in [4.69, 9.17) is 0 Å². The molecular formula is C20H24N4S. The summed E-state index contributed by atoms with van der Waals surface area (Å²) < 4.78 is 2.18. The zero-order chi connectivity index (χ0) is 17.8. The number of thioether (sulfide) groups is 1. The molecule has 0 atom stereocenters. The van der Waals surface area contributed by atoms with Crippen LogP contribution in [0.4, 0.5) is 5.69 Å². The number of hydrogen-bond acceptors (Lipinski definition) is 4. The van der Waals surface area contributed by atoms with Crippen LogP contribution >= 0.6 is 11.8 Å². The summed E-state index contributed by atoms with van der Waals surface area (Å²) in [5, 5.41) is 9.82. The summed E-state index contributed by atoms with van der Waals surface area (Å²) in [4.78, 5) is 2.09. The van der Waals surface area contributed by atoms with Crippen LogP contribution in [0.5, 0.6) is 0 Å². The molecule has 0 amide bonds. The topological polar surface area (TPSA) is 34.0 Å². The van der Waals surface area contributed by atoms with Crippen LogP contribution in [0.15, 0.2) is 53.7 Å². The zero-order valence-corrected chi connectivity index (χ0v) is 16.0. The van der Waals surface area contributed by atoms with Crippen molar-refractivity contribution in [2.45, 2.75) is 31.3 Å². The predicted octanol–water partition coefficient (Wildman–Crippen LogP) is 4.63. The lowest BCUT2D eigenvalue weighted by molar-refractivity contribution is 0.687. The Hall–Kier alpha value is -2.27. The highest BCUT2D eigenvalue weighted by Gasteiger charge is 2.13. The second-order valence-corrected chi connectivity index (χ2v) is 7.21. The van der Waals surface area contributed by atoms with Gasteiger partial charge in [0, 0.05) is 37.6 Å². The van der Waals surface area contributed by atoms with Gasteiger partial charge in [-0.1, -0.05) is 41.6 Å². The quantitative estimate of drug-likeness (QED) is 0.606. The van der Waals surface area contributed by atoms with Gasteiger partial charge in [0.05, 0.1) is 0 Å². The molecule has 1 heterocycles. The van der Waals surface area contributed by atoms with E-state index in [0.29, 0.717) is 0 Å². The van der Waals surface area contributed by atoms with E-state index in [1.807, 2.05) is 14.1 Å². The Bertz CT molecular complexity index is 820. The number of hydrogen-bond donors (Lipinski definition) is 0. The van der Waals surface area contributed by atoms with Crippen molar-refractivity contribution in [3.05, 3.63) is 59.7 Å². The molecule has 0 aliphatic heterocycles. The fourth-order valence-electron chi connectivity index (χ4n) is 2.63. The van der Waals surface area contributed by atoms with Gasteiger partial charge in [0.15, 0.2) is 11.0 Å². The Kier molecular flexibility index (Phi) is 5.43. The zero-order valence-electron chi connectivity index (χ0n) is 15.2. The van der Waals surface area contributed by atoms with Crippen LogP contribution in [0.2, 0.25) is 0 Å². The first-order chi connectivity index (χ1) is 12.1. The number of anilines is 1. The number of benzene rings is 2. The van der Waals surface area contributed by atoms with Gasteiger partial charge in [-0.25, -0.2) is 0 Å². The maximum atomic E-state index is 4.44. The SMILES string of the molecule is CCn1c(SCc2ccc(C)cc2)nnc1-c1ccc(N(C)C)cc1. The Morgan fingerprint density at radius 3 is 2.24 bits per heavy atom. The van der Waals surface area contributed by atoms with Gasteiger partial charge >= 0.3 is 0 Å². The normalized spacial score (nSPS) is 10.9. The summed E-state index contributed by atoms with van der Waals surface area (Å²) in [6.07, 6.45) is 0. The second kappa shape index (κ2) is 7.74. The van der Waals surface area contributed by atoms with Crippen molar-refractivity contribution in [1.29, 1.82) is 0 Å². The van der Waals surface area contributed by atoms with Crippen LogP contribution in [-0.2, 0) is 12.3 Å². The lowest BCUT2D eigenvalue weighted by Gasteiger charge is -2.13. The Morgan fingerprint density at radius 1 is 0.960 bits per heavy atom. The first-order valence-electron chi connectivity index (χ1n) is 8.47. The maximum absolute atomic E-state index is 4.44. The minimum Gasteiger partial charge on any atom is -0.378 e. The third kappa shape index (κ3) is 4.04. The van der Waals surface area contributed by atoms with Crippen molar-refractivity contribution in [3.63, 3.8) is 0 Å². The van der Waals surface area contributed by atoms with Crippen LogP contribution in [0.25, 0.3) is 11.4 Å². The highest BCUT2D eigenvalue weighted by Crippen LogP contribution is 2.27. The van der Waals surface area contributed by atoms with Crippen molar-refractivity contribution in [1.82, 2.24) is 14.8 Å². The second-order valence-electron chi connectivity index (χ2n) is 6.27. The maximum Gasteiger partial charge on any atom is 0.191 e. The van der Waals surface area contributed by atoms with Crippen LogP contribution in [0.3, 0.4) is 0 Å². The monoisotopic (exact) mass is 352 g/mol. The summed E-state index contributed by atoms with van der Waals surface area (Å²) >= 11 is 1.74. The first-order valence-corrected chi connectivity index (χ1v) is 9.46. The van der Waals surface area contributed by atoms with Crippen LogP contribution < -0.4 is 4.90 Å². The molecule has 1 aromatic heterocycles. The molecule has 3 aromatic rings. The molecule has 0 N–H and O–H groups in total. The van der Waals surface area contributed by atoms with Gasteiger partial charge < -0.3 is 9.47 Å². The van der Waals surface area contributed by atoms with E-state index < -0.39 is 0 Å². The molecule has 0 aliphatic carbocycles. The summed E-state index contributed by atoms with van der Waals surface area (Å²) in [6, 6.07) is 17.1. The molecule has 4 nitrogen and oxygen atoms in total. The largest absolute Gasteiger partial charge is 0.378 e. The minimum absolute atomic E-state index is 0.855. The number of aromatic nitrogens is 3. The van der Waals surface area contributed by atoms with E-state index in [-0.39, 0.29) is 0 Å². The Morgan fingerprint density at radius 2 is 1.64 bits per heavy atom. The fraction of sp³-hybridized carbons (Fsp3) is 0.300. The van der Waals surface area contributed by atoms with Gasteiger partial charge in [-0.15, -0.1) is 10.2 Å². The molecule has 130 valence electrons.